The maximum Gasteiger partial charge on any atom is 0.310 e. The molecule has 4 aromatic carbocycles. The molecular weight excluding hydrogens is 424 g/mol. The van der Waals surface area contributed by atoms with Crippen LogP contribution in [0.25, 0.3) is 32.7 Å². The van der Waals surface area contributed by atoms with Crippen LogP contribution < -0.4 is 0 Å². The van der Waals surface area contributed by atoms with E-state index >= 15 is 0 Å². The summed E-state index contributed by atoms with van der Waals surface area (Å²) in [5.74, 6) is -0.395. The van der Waals surface area contributed by atoms with Gasteiger partial charge in [-0.25, -0.2) is 0 Å². The molecule has 0 unspecified atom stereocenters. The average Bonchev–Trinajstić information content (AvgIpc) is 2.87. The van der Waals surface area contributed by atoms with E-state index in [0.717, 1.165) is 56.6 Å². The third kappa shape index (κ3) is 5.12. The molecule has 4 heteroatoms. The summed E-state index contributed by atoms with van der Waals surface area (Å²) in [6, 6.07) is 24.9. The molecule has 0 aliphatic heterocycles. The number of fused-ring (bicyclic) bond motifs is 2. The molecule has 0 bridgehead atoms. The summed E-state index contributed by atoms with van der Waals surface area (Å²) in [5.41, 5.74) is 4.35. The highest BCUT2D eigenvalue weighted by Crippen LogP contribution is 2.39. The zero-order valence-corrected chi connectivity index (χ0v) is 19.8. The van der Waals surface area contributed by atoms with Gasteiger partial charge in [0.1, 0.15) is 0 Å². The standard InChI is InChI=1S/C30H30O4/c1-3-4-19-34-29(32)20-21-13-15-22(16-14-21)30-26-11-7-5-9-23(26)25(17-18-28(31)33-2)24-10-6-8-12-27(24)30/h5-16H,3-4,17-20H2,1-2H3. The second kappa shape index (κ2) is 11.0. The fraction of sp³-hybridized carbons (Fsp3) is 0.267. The Morgan fingerprint density at radius 1 is 0.765 bits per heavy atom. The Kier molecular flexibility index (Phi) is 7.58. The van der Waals surface area contributed by atoms with Crippen LogP contribution in [0.2, 0.25) is 0 Å². The van der Waals surface area contributed by atoms with E-state index in [1.807, 2.05) is 36.4 Å². The van der Waals surface area contributed by atoms with Crippen molar-refractivity contribution in [1.29, 1.82) is 0 Å². The van der Waals surface area contributed by atoms with E-state index in [4.69, 9.17) is 9.47 Å². The van der Waals surface area contributed by atoms with Gasteiger partial charge in [0.25, 0.3) is 0 Å². The van der Waals surface area contributed by atoms with E-state index in [9.17, 15) is 9.59 Å². The van der Waals surface area contributed by atoms with Crippen LogP contribution in [0.15, 0.2) is 72.8 Å². The summed E-state index contributed by atoms with van der Waals surface area (Å²) < 4.78 is 10.2. The highest BCUT2D eigenvalue weighted by Gasteiger charge is 2.16. The van der Waals surface area contributed by atoms with Crippen molar-refractivity contribution >= 4 is 33.5 Å². The molecule has 0 aliphatic rings. The molecule has 0 atom stereocenters. The summed E-state index contributed by atoms with van der Waals surface area (Å²) in [4.78, 5) is 24.0. The number of carbonyl (C=O) groups excluding carboxylic acids is 2. The fourth-order valence-electron chi connectivity index (χ4n) is 4.47. The first-order valence-corrected chi connectivity index (χ1v) is 11.9. The van der Waals surface area contributed by atoms with E-state index in [2.05, 4.69) is 43.3 Å². The average molecular weight is 455 g/mol. The molecule has 0 heterocycles. The summed E-state index contributed by atoms with van der Waals surface area (Å²) in [5, 5.41) is 4.58. The van der Waals surface area contributed by atoms with Gasteiger partial charge < -0.3 is 9.47 Å². The maximum atomic E-state index is 12.1. The smallest absolute Gasteiger partial charge is 0.310 e. The summed E-state index contributed by atoms with van der Waals surface area (Å²) in [6.07, 6.45) is 3.13. The first-order valence-electron chi connectivity index (χ1n) is 11.9. The van der Waals surface area contributed by atoms with Gasteiger partial charge in [-0.1, -0.05) is 86.1 Å². The van der Waals surface area contributed by atoms with E-state index in [-0.39, 0.29) is 18.4 Å². The summed E-state index contributed by atoms with van der Waals surface area (Å²) >= 11 is 0. The highest BCUT2D eigenvalue weighted by molar-refractivity contribution is 6.15. The second-order valence-corrected chi connectivity index (χ2v) is 8.47. The molecule has 174 valence electrons. The molecule has 4 aromatic rings. The Morgan fingerprint density at radius 2 is 1.35 bits per heavy atom. The predicted molar refractivity (Wildman–Crippen MR) is 137 cm³/mol. The van der Waals surface area contributed by atoms with Crippen LogP contribution in [0.4, 0.5) is 0 Å². The minimum Gasteiger partial charge on any atom is -0.469 e. The Hall–Kier alpha value is -3.66. The number of carbonyl (C=O) groups is 2. The monoisotopic (exact) mass is 454 g/mol. The molecule has 0 radical (unpaired) electrons. The van der Waals surface area contributed by atoms with E-state index < -0.39 is 0 Å². The van der Waals surface area contributed by atoms with Gasteiger partial charge in [0, 0.05) is 6.42 Å². The van der Waals surface area contributed by atoms with Crippen molar-refractivity contribution in [1.82, 2.24) is 0 Å². The zero-order chi connectivity index (χ0) is 23.9. The number of ether oxygens (including phenoxy) is 2. The lowest BCUT2D eigenvalue weighted by molar-refractivity contribution is -0.143. The van der Waals surface area contributed by atoms with Crippen molar-refractivity contribution in [2.24, 2.45) is 0 Å². The van der Waals surface area contributed by atoms with Crippen LogP contribution in [0.3, 0.4) is 0 Å². The number of hydrogen-bond acceptors (Lipinski definition) is 4. The molecular formula is C30H30O4. The topological polar surface area (TPSA) is 52.6 Å². The molecule has 0 aliphatic carbocycles. The van der Waals surface area contributed by atoms with Crippen LogP contribution in [-0.4, -0.2) is 25.7 Å². The maximum absolute atomic E-state index is 12.1. The largest absolute Gasteiger partial charge is 0.469 e. The lowest BCUT2D eigenvalue weighted by Crippen LogP contribution is -2.08. The molecule has 0 saturated carbocycles. The molecule has 4 nitrogen and oxygen atoms in total. The number of hydrogen-bond donors (Lipinski definition) is 0. The minimum absolute atomic E-state index is 0.188. The zero-order valence-electron chi connectivity index (χ0n) is 19.8. The molecule has 4 rings (SSSR count). The minimum atomic E-state index is -0.207. The molecule has 0 aromatic heterocycles. The van der Waals surface area contributed by atoms with Crippen LogP contribution >= 0.6 is 0 Å². The molecule has 0 N–H and O–H groups in total. The Balaban J connectivity index is 1.74. The third-order valence-corrected chi connectivity index (χ3v) is 6.20. The van der Waals surface area contributed by atoms with Gasteiger partial charge in [-0.05, 0) is 56.6 Å². The molecule has 0 amide bonds. The molecule has 34 heavy (non-hydrogen) atoms. The van der Waals surface area contributed by atoms with Gasteiger partial charge in [-0.2, -0.15) is 0 Å². The molecule has 0 fully saturated rings. The van der Waals surface area contributed by atoms with Gasteiger partial charge in [-0.3, -0.25) is 9.59 Å². The molecule has 0 saturated heterocycles. The predicted octanol–water partition coefficient (Wildman–Crippen LogP) is 6.65. The normalized spacial score (nSPS) is 11.0. The van der Waals surface area contributed by atoms with Gasteiger partial charge in [0.2, 0.25) is 0 Å². The van der Waals surface area contributed by atoms with Crippen molar-refractivity contribution < 1.29 is 19.1 Å². The number of benzene rings is 4. The number of rotatable bonds is 9. The van der Waals surface area contributed by atoms with Crippen molar-refractivity contribution in [3.05, 3.63) is 83.9 Å². The molecule has 0 spiro atoms. The Bertz CT molecular complexity index is 1250. The van der Waals surface area contributed by atoms with Gasteiger partial charge in [0.05, 0.1) is 20.1 Å². The first-order chi connectivity index (χ1) is 16.6. The van der Waals surface area contributed by atoms with Crippen LogP contribution in [0.5, 0.6) is 0 Å². The summed E-state index contributed by atoms with van der Waals surface area (Å²) in [6.45, 7) is 2.55. The van der Waals surface area contributed by atoms with Crippen LogP contribution in [-0.2, 0) is 31.9 Å². The first kappa shape index (κ1) is 23.5. The number of methoxy groups -OCH3 is 1. The third-order valence-electron chi connectivity index (χ3n) is 6.20. The van der Waals surface area contributed by atoms with E-state index in [1.54, 1.807) is 0 Å². The highest BCUT2D eigenvalue weighted by atomic mass is 16.5. The Labute approximate surface area is 200 Å². The van der Waals surface area contributed by atoms with E-state index in [1.165, 1.54) is 7.11 Å². The van der Waals surface area contributed by atoms with Crippen LogP contribution in [0.1, 0.15) is 37.3 Å². The van der Waals surface area contributed by atoms with Crippen LogP contribution in [0, 0.1) is 0 Å². The van der Waals surface area contributed by atoms with Crippen molar-refractivity contribution in [3.8, 4) is 11.1 Å². The quantitative estimate of drug-likeness (QED) is 0.161. The van der Waals surface area contributed by atoms with Gasteiger partial charge in [0.15, 0.2) is 0 Å². The van der Waals surface area contributed by atoms with Crippen molar-refractivity contribution in [2.45, 2.75) is 39.0 Å². The number of aryl methyl sites for hydroxylation is 1. The van der Waals surface area contributed by atoms with Crippen molar-refractivity contribution in [2.75, 3.05) is 13.7 Å². The van der Waals surface area contributed by atoms with Gasteiger partial charge >= 0.3 is 11.9 Å². The Morgan fingerprint density at radius 3 is 1.91 bits per heavy atom. The number of esters is 2. The van der Waals surface area contributed by atoms with Crippen molar-refractivity contribution in [3.63, 3.8) is 0 Å². The fourth-order valence-corrected chi connectivity index (χ4v) is 4.47. The SMILES string of the molecule is CCCCOC(=O)Cc1ccc(-c2c3ccccc3c(CCC(=O)OC)c3ccccc23)cc1. The number of unbranched alkanes of at least 4 members (excludes halogenated alkanes) is 1. The lowest BCUT2D eigenvalue weighted by Gasteiger charge is -2.17. The second-order valence-electron chi connectivity index (χ2n) is 8.47. The van der Waals surface area contributed by atoms with E-state index in [0.29, 0.717) is 19.4 Å². The van der Waals surface area contributed by atoms with Gasteiger partial charge in [-0.15, -0.1) is 0 Å². The summed E-state index contributed by atoms with van der Waals surface area (Å²) in [7, 11) is 1.43. The lowest BCUT2D eigenvalue weighted by atomic mass is 9.87.